The van der Waals surface area contributed by atoms with E-state index in [1.807, 2.05) is 45.0 Å². The summed E-state index contributed by atoms with van der Waals surface area (Å²) in [4.78, 5) is 5.34. The van der Waals surface area contributed by atoms with Gasteiger partial charge in [0.25, 0.3) is 0 Å². The summed E-state index contributed by atoms with van der Waals surface area (Å²) in [6.45, 7) is 8.37. The van der Waals surface area contributed by atoms with Crippen molar-refractivity contribution in [2.24, 2.45) is 5.16 Å². The van der Waals surface area contributed by atoms with Gasteiger partial charge in [-0.3, -0.25) is 0 Å². The molecule has 3 nitrogen and oxygen atoms in total. The van der Waals surface area contributed by atoms with Gasteiger partial charge < -0.3 is 4.84 Å². The van der Waals surface area contributed by atoms with Crippen LogP contribution in [0.1, 0.15) is 43.0 Å². The van der Waals surface area contributed by atoms with Gasteiger partial charge in [-0.1, -0.05) is 61.0 Å². The van der Waals surface area contributed by atoms with Crippen LogP contribution in [0.4, 0.5) is 0 Å². The van der Waals surface area contributed by atoms with E-state index in [2.05, 4.69) is 30.3 Å². The summed E-state index contributed by atoms with van der Waals surface area (Å²) < 4.78 is 0. The lowest BCUT2D eigenvalue weighted by Gasteiger charge is -2.03. The first-order valence-corrected chi connectivity index (χ1v) is 7.41. The third-order valence-electron chi connectivity index (χ3n) is 2.99. The van der Waals surface area contributed by atoms with E-state index >= 15 is 0 Å². The SMILES string of the molecule is C/C(=N\OCc1ccc(C#N)cc1)c1ccc(C)cc1.CC. The van der Waals surface area contributed by atoms with E-state index in [0.29, 0.717) is 12.2 Å². The second kappa shape index (κ2) is 9.36. The molecular formula is C19H22N2O. The molecule has 22 heavy (non-hydrogen) atoms. The van der Waals surface area contributed by atoms with Gasteiger partial charge in [0.2, 0.25) is 0 Å². The lowest BCUT2D eigenvalue weighted by Crippen LogP contribution is -1.97. The Kier molecular flexibility index (Phi) is 7.42. The molecule has 2 aromatic carbocycles. The highest BCUT2D eigenvalue weighted by Gasteiger charge is 1.98. The zero-order chi connectivity index (χ0) is 16.4. The topological polar surface area (TPSA) is 45.4 Å². The van der Waals surface area contributed by atoms with Crippen LogP contribution in [-0.4, -0.2) is 5.71 Å². The fraction of sp³-hybridized carbons (Fsp3) is 0.263. The minimum absolute atomic E-state index is 0.398. The second-order valence-corrected chi connectivity index (χ2v) is 4.62. The summed E-state index contributed by atoms with van der Waals surface area (Å²) in [6.07, 6.45) is 0. The number of benzene rings is 2. The van der Waals surface area contributed by atoms with Gasteiger partial charge in [-0.25, -0.2) is 0 Å². The van der Waals surface area contributed by atoms with Crippen molar-refractivity contribution in [2.45, 2.75) is 34.3 Å². The zero-order valence-electron chi connectivity index (χ0n) is 13.6. The molecule has 0 atom stereocenters. The third kappa shape index (κ3) is 5.41. The first kappa shape index (κ1) is 17.5. The molecular weight excluding hydrogens is 272 g/mol. The number of nitrogens with zero attached hydrogens (tertiary/aromatic N) is 2. The van der Waals surface area contributed by atoms with Crippen molar-refractivity contribution in [3.63, 3.8) is 0 Å². The zero-order valence-corrected chi connectivity index (χ0v) is 13.6. The van der Waals surface area contributed by atoms with Crippen molar-refractivity contribution in [3.05, 3.63) is 70.8 Å². The van der Waals surface area contributed by atoms with Gasteiger partial charge in [-0.15, -0.1) is 0 Å². The van der Waals surface area contributed by atoms with Crippen molar-refractivity contribution in [1.82, 2.24) is 0 Å². The van der Waals surface area contributed by atoms with Crippen molar-refractivity contribution in [2.75, 3.05) is 0 Å². The van der Waals surface area contributed by atoms with Crippen LogP contribution in [0, 0.1) is 18.3 Å². The van der Waals surface area contributed by atoms with E-state index in [4.69, 9.17) is 10.1 Å². The van der Waals surface area contributed by atoms with E-state index < -0.39 is 0 Å². The molecule has 0 aromatic heterocycles. The number of hydrogen-bond donors (Lipinski definition) is 0. The summed E-state index contributed by atoms with van der Waals surface area (Å²) in [6, 6.07) is 17.5. The molecule has 2 aromatic rings. The second-order valence-electron chi connectivity index (χ2n) is 4.62. The van der Waals surface area contributed by atoms with Crippen molar-refractivity contribution in [3.8, 4) is 6.07 Å². The van der Waals surface area contributed by atoms with E-state index in [0.717, 1.165) is 16.8 Å². The van der Waals surface area contributed by atoms with E-state index in [1.54, 1.807) is 12.1 Å². The highest BCUT2D eigenvalue weighted by Crippen LogP contribution is 2.07. The fourth-order valence-corrected chi connectivity index (χ4v) is 1.73. The Hall–Kier alpha value is -2.60. The molecule has 0 radical (unpaired) electrons. The predicted octanol–water partition coefficient (Wildman–Crippen LogP) is 4.83. The number of oxime groups is 1. The number of rotatable bonds is 4. The fourth-order valence-electron chi connectivity index (χ4n) is 1.73. The van der Waals surface area contributed by atoms with Gasteiger partial charge in [-0.2, -0.15) is 5.26 Å². The average Bonchev–Trinajstić information content (AvgIpc) is 2.58. The Morgan fingerprint density at radius 3 is 2.18 bits per heavy atom. The number of aryl methyl sites for hydroxylation is 1. The van der Waals surface area contributed by atoms with Crippen LogP contribution in [0.25, 0.3) is 0 Å². The van der Waals surface area contributed by atoms with Gasteiger partial charge >= 0.3 is 0 Å². The molecule has 3 heteroatoms. The molecule has 0 heterocycles. The summed E-state index contributed by atoms with van der Waals surface area (Å²) in [7, 11) is 0. The van der Waals surface area contributed by atoms with Crippen molar-refractivity contribution >= 4 is 5.71 Å². The van der Waals surface area contributed by atoms with Crippen molar-refractivity contribution < 1.29 is 4.84 Å². The molecule has 0 aliphatic rings. The van der Waals surface area contributed by atoms with Crippen LogP contribution in [0.5, 0.6) is 0 Å². The molecule has 0 aliphatic carbocycles. The summed E-state index contributed by atoms with van der Waals surface area (Å²) >= 11 is 0. The number of hydrogen-bond acceptors (Lipinski definition) is 3. The van der Waals surface area contributed by atoms with Crippen molar-refractivity contribution in [1.29, 1.82) is 5.26 Å². The quantitative estimate of drug-likeness (QED) is 0.598. The number of nitriles is 1. The first-order valence-electron chi connectivity index (χ1n) is 7.41. The van der Waals surface area contributed by atoms with E-state index in [9.17, 15) is 0 Å². The Labute approximate surface area is 132 Å². The van der Waals surface area contributed by atoms with Gasteiger partial charge in [0.1, 0.15) is 6.61 Å². The van der Waals surface area contributed by atoms with Crippen LogP contribution in [0.3, 0.4) is 0 Å². The molecule has 0 bridgehead atoms. The largest absolute Gasteiger partial charge is 0.391 e. The lowest BCUT2D eigenvalue weighted by atomic mass is 10.1. The molecule has 0 saturated heterocycles. The molecule has 0 spiro atoms. The molecule has 2 rings (SSSR count). The summed E-state index contributed by atoms with van der Waals surface area (Å²) in [5.41, 5.74) is 4.76. The summed E-state index contributed by atoms with van der Waals surface area (Å²) in [5.74, 6) is 0. The molecule has 0 amide bonds. The van der Waals surface area contributed by atoms with E-state index in [1.165, 1.54) is 5.56 Å². The lowest BCUT2D eigenvalue weighted by molar-refractivity contribution is 0.130. The van der Waals surface area contributed by atoms with Crippen LogP contribution in [0.15, 0.2) is 53.7 Å². The first-order chi connectivity index (χ1) is 10.7. The van der Waals surface area contributed by atoms with Crippen LogP contribution in [0.2, 0.25) is 0 Å². The van der Waals surface area contributed by atoms with Crippen LogP contribution < -0.4 is 0 Å². The third-order valence-corrected chi connectivity index (χ3v) is 2.99. The molecule has 0 unspecified atom stereocenters. The van der Waals surface area contributed by atoms with Crippen LogP contribution >= 0.6 is 0 Å². The van der Waals surface area contributed by atoms with Gasteiger partial charge in [0.05, 0.1) is 17.3 Å². The maximum Gasteiger partial charge on any atom is 0.142 e. The van der Waals surface area contributed by atoms with Gasteiger partial charge in [0.15, 0.2) is 0 Å². The maximum absolute atomic E-state index is 8.72. The highest BCUT2D eigenvalue weighted by atomic mass is 16.6. The summed E-state index contributed by atoms with van der Waals surface area (Å²) in [5, 5.41) is 12.8. The van der Waals surface area contributed by atoms with E-state index in [-0.39, 0.29) is 0 Å². The Morgan fingerprint density at radius 1 is 1.05 bits per heavy atom. The Balaban J connectivity index is 0.00000116. The predicted molar refractivity (Wildman–Crippen MR) is 90.7 cm³/mol. The van der Waals surface area contributed by atoms with Crippen LogP contribution in [-0.2, 0) is 11.4 Å². The normalized spacial score (nSPS) is 10.2. The highest BCUT2D eigenvalue weighted by molar-refractivity contribution is 5.98. The van der Waals surface area contributed by atoms with Gasteiger partial charge in [0, 0.05) is 0 Å². The smallest absolute Gasteiger partial charge is 0.142 e. The molecule has 0 aliphatic heterocycles. The standard InChI is InChI=1S/C17H16N2O.C2H6/c1-13-3-9-17(10-4-13)14(2)19-20-12-16-7-5-15(11-18)6-8-16;1-2/h3-10H,12H2,1-2H3;1-2H3/b19-14+;. The Bertz CT molecular complexity index is 635. The molecule has 0 N–H and O–H groups in total. The molecule has 114 valence electrons. The Morgan fingerprint density at radius 2 is 1.64 bits per heavy atom. The average molecular weight is 294 g/mol. The molecule has 0 saturated carbocycles. The molecule has 0 fully saturated rings. The monoisotopic (exact) mass is 294 g/mol. The maximum atomic E-state index is 8.72. The minimum atomic E-state index is 0.398. The minimum Gasteiger partial charge on any atom is -0.391 e. The van der Waals surface area contributed by atoms with Gasteiger partial charge in [-0.05, 0) is 37.1 Å².